The quantitative estimate of drug-likeness (QED) is 0.786. The second-order valence-corrected chi connectivity index (χ2v) is 4.94. The van der Waals surface area contributed by atoms with Gasteiger partial charge < -0.3 is 10.2 Å². The molecule has 0 saturated carbocycles. The Bertz CT molecular complexity index is 737. The number of pyridine rings is 1. The predicted molar refractivity (Wildman–Crippen MR) is 76.4 cm³/mol. The number of aliphatic hydroxyl groups is 1. The van der Waals surface area contributed by atoms with Gasteiger partial charge in [-0.05, 0) is 24.3 Å². The average molecular weight is 347 g/mol. The molecule has 0 aliphatic carbocycles. The summed E-state index contributed by atoms with van der Waals surface area (Å²) in [4.78, 5) is 14.0. The Kier molecular flexibility index (Phi) is 4.76. The smallest absolute Gasteiger partial charge is 0.433 e. The molecule has 1 atom stereocenters. The van der Waals surface area contributed by atoms with Crippen LogP contribution in [0, 0.1) is 0 Å². The standard InChI is InChI=1S/C14H10ClF3N2O3/c15-7-3-4-10(20-13(22)23)9(6-7)11(21)8-2-1-5-19-12(8)14(16,17)18/h1-6,11,20-21H,(H,22,23). The van der Waals surface area contributed by atoms with Crippen LogP contribution < -0.4 is 5.32 Å². The predicted octanol–water partition coefficient (Wildman–Crippen LogP) is 3.93. The summed E-state index contributed by atoms with van der Waals surface area (Å²) in [6, 6.07) is 6.08. The zero-order valence-corrected chi connectivity index (χ0v) is 12.1. The van der Waals surface area contributed by atoms with Crippen molar-refractivity contribution in [3.63, 3.8) is 0 Å². The van der Waals surface area contributed by atoms with Crippen molar-refractivity contribution in [2.75, 3.05) is 5.32 Å². The molecule has 9 heteroatoms. The largest absolute Gasteiger partial charge is 0.465 e. The number of hydrogen-bond acceptors (Lipinski definition) is 3. The number of carboxylic acid groups (broad SMARTS) is 1. The number of nitrogens with zero attached hydrogens (tertiary/aromatic N) is 1. The highest BCUT2D eigenvalue weighted by molar-refractivity contribution is 6.30. The van der Waals surface area contributed by atoms with Crippen molar-refractivity contribution in [2.24, 2.45) is 0 Å². The van der Waals surface area contributed by atoms with E-state index in [1.807, 2.05) is 5.32 Å². The number of amides is 1. The highest BCUT2D eigenvalue weighted by Crippen LogP contribution is 2.37. The van der Waals surface area contributed by atoms with Gasteiger partial charge in [-0.25, -0.2) is 4.79 Å². The molecule has 0 bridgehead atoms. The lowest BCUT2D eigenvalue weighted by atomic mass is 9.98. The molecule has 0 radical (unpaired) electrons. The Hall–Kier alpha value is -2.32. The highest BCUT2D eigenvalue weighted by Gasteiger charge is 2.37. The van der Waals surface area contributed by atoms with E-state index >= 15 is 0 Å². The van der Waals surface area contributed by atoms with Crippen LogP contribution in [0.4, 0.5) is 23.7 Å². The number of aromatic nitrogens is 1. The second-order valence-electron chi connectivity index (χ2n) is 4.50. The van der Waals surface area contributed by atoms with Crippen molar-refractivity contribution in [3.8, 4) is 0 Å². The summed E-state index contributed by atoms with van der Waals surface area (Å²) in [6.45, 7) is 0. The van der Waals surface area contributed by atoms with Crippen LogP contribution in [0.3, 0.4) is 0 Å². The maximum absolute atomic E-state index is 13.0. The molecule has 1 heterocycles. The number of carbonyl (C=O) groups is 1. The van der Waals surface area contributed by atoms with Gasteiger partial charge in [0.25, 0.3) is 0 Å². The van der Waals surface area contributed by atoms with Gasteiger partial charge in [0.1, 0.15) is 6.10 Å². The van der Waals surface area contributed by atoms with Crippen molar-refractivity contribution in [1.82, 2.24) is 4.98 Å². The third-order valence-electron chi connectivity index (χ3n) is 2.95. The zero-order chi connectivity index (χ0) is 17.2. The molecule has 3 N–H and O–H groups in total. The summed E-state index contributed by atoms with van der Waals surface area (Å²) in [5.41, 5.74) is -1.95. The molecule has 23 heavy (non-hydrogen) atoms. The molecule has 1 unspecified atom stereocenters. The van der Waals surface area contributed by atoms with Crippen LogP contribution in [0.15, 0.2) is 36.5 Å². The molecular formula is C14H10ClF3N2O3. The molecule has 1 aromatic carbocycles. The Morgan fingerprint density at radius 2 is 1.96 bits per heavy atom. The number of aliphatic hydroxyl groups excluding tert-OH is 1. The third-order valence-corrected chi connectivity index (χ3v) is 3.19. The first-order valence-corrected chi connectivity index (χ1v) is 6.57. The van der Waals surface area contributed by atoms with E-state index in [0.717, 1.165) is 12.3 Å². The first-order valence-electron chi connectivity index (χ1n) is 6.19. The summed E-state index contributed by atoms with van der Waals surface area (Å²) < 4.78 is 39.0. The first-order chi connectivity index (χ1) is 10.7. The fraction of sp³-hybridized carbons (Fsp3) is 0.143. The molecule has 5 nitrogen and oxygen atoms in total. The van der Waals surface area contributed by atoms with Crippen LogP contribution in [0.25, 0.3) is 0 Å². The minimum atomic E-state index is -4.77. The van der Waals surface area contributed by atoms with E-state index in [1.54, 1.807) is 0 Å². The van der Waals surface area contributed by atoms with E-state index in [0.29, 0.717) is 0 Å². The fourth-order valence-electron chi connectivity index (χ4n) is 2.03. The molecule has 122 valence electrons. The van der Waals surface area contributed by atoms with Gasteiger partial charge in [0.2, 0.25) is 0 Å². The van der Waals surface area contributed by atoms with Crippen LogP contribution in [0.2, 0.25) is 5.02 Å². The maximum Gasteiger partial charge on any atom is 0.433 e. The lowest BCUT2D eigenvalue weighted by Gasteiger charge is -2.19. The van der Waals surface area contributed by atoms with Crippen LogP contribution >= 0.6 is 11.6 Å². The average Bonchev–Trinajstić information content (AvgIpc) is 2.47. The molecule has 0 aliphatic rings. The molecule has 1 aromatic heterocycles. The van der Waals surface area contributed by atoms with Gasteiger partial charge >= 0.3 is 12.3 Å². The van der Waals surface area contributed by atoms with Crippen LogP contribution in [0.1, 0.15) is 22.9 Å². The van der Waals surface area contributed by atoms with Gasteiger partial charge in [-0.15, -0.1) is 0 Å². The van der Waals surface area contributed by atoms with Gasteiger partial charge in [-0.1, -0.05) is 17.7 Å². The maximum atomic E-state index is 13.0. The van der Waals surface area contributed by atoms with E-state index in [9.17, 15) is 23.1 Å². The zero-order valence-electron chi connectivity index (χ0n) is 11.3. The highest BCUT2D eigenvalue weighted by atomic mass is 35.5. The van der Waals surface area contributed by atoms with Crippen LogP contribution in [0.5, 0.6) is 0 Å². The van der Waals surface area contributed by atoms with Gasteiger partial charge in [0.15, 0.2) is 5.69 Å². The van der Waals surface area contributed by atoms with Gasteiger partial charge in [0.05, 0.1) is 5.69 Å². The summed E-state index contributed by atoms with van der Waals surface area (Å²) in [6.07, 6.45) is -7.01. The van der Waals surface area contributed by atoms with Crippen molar-refractivity contribution in [1.29, 1.82) is 0 Å². The van der Waals surface area contributed by atoms with Crippen molar-refractivity contribution in [2.45, 2.75) is 12.3 Å². The number of alkyl halides is 3. The number of anilines is 1. The summed E-state index contributed by atoms with van der Waals surface area (Å²) in [5, 5.41) is 21.2. The molecule has 0 aliphatic heterocycles. The summed E-state index contributed by atoms with van der Waals surface area (Å²) >= 11 is 5.79. The number of rotatable bonds is 3. The van der Waals surface area contributed by atoms with E-state index in [-0.39, 0.29) is 16.3 Å². The molecular weight excluding hydrogens is 337 g/mol. The van der Waals surface area contributed by atoms with Gasteiger partial charge in [-0.3, -0.25) is 10.3 Å². The second kappa shape index (κ2) is 6.43. The normalized spacial score (nSPS) is 12.7. The number of nitrogens with one attached hydrogen (secondary N) is 1. The number of hydrogen-bond donors (Lipinski definition) is 3. The molecule has 0 saturated heterocycles. The molecule has 1 amide bonds. The lowest BCUT2D eigenvalue weighted by molar-refractivity contribution is -0.142. The van der Waals surface area contributed by atoms with E-state index in [4.69, 9.17) is 16.7 Å². The lowest BCUT2D eigenvalue weighted by Crippen LogP contribution is -2.16. The summed E-state index contributed by atoms with van der Waals surface area (Å²) in [7, 11) is 0. The Morgan fingerprint density at radius 1 is 1.26 bits per heavy atom. The first kappa shape index (κ1) is 17.0. The molecule has 2 aromatic rings. The Morgan fingerprint density at radius 3 is 2.57 bits per heavy atom. The Labute approximate surface area is 133 Å². The van der Waals surface area contributed by atoms with Crippen molar-refractivity contribution >= 4 is 23.4 Å². The Balaban J connectivity index is 2.55. The van der Waals surface area contributed by atoms with Gasteiger partial charge in [0, 0.05) is 22.3 Å². The minimum Gasteiger partial charge on any atom is -0.465 e. The van der Waals surface area contributed by atoms with Crippen LogP contribution in [-0.4, -0.2) is 21.3 Å². The van der Waals surface area contributed by atoms with Crippen molar-refractivity contribution < 1.29 is 28.2 Å². The SMILES string of the molecule is O=C(O)Nc1ccc(Cl)cc1C(O)c1cccnc1C(F)(F)F. The fourth-order valence-corrected chi connectivity index (χ4v) is 2.21. The summed E-state index contributed by atoms with van der Waals surface area (Å²) in [5.74, 6) is 0. The van der Waals surface area contributed by atoms with Crippen molar-refractivity contribution in [3.05, 3.63) is 58.4 Å². The third kappa shape index (κ3) is 3.91. The van der Waals surface area contributed by atoms with E-state index in [2.05, 4.69) is 4.98 Å². The van der Waals surface area contributed by atoms with Gasteiger partial charge in [-0.2, -0.15) is 13.2 Å². The van der Waals surface area contributed by atoms with E-state index < -0.39 is 29.6 Å². The van der Waals surface area contributed by atoms with E-state index in [1.165, 1.54) is 24.3 Å². The number of halogens is 4. The molecule has 0 fully saturated rings. The monoisotopic (exact) mass is 346 g/mol. The minimum absolute atomic E-state index is 0.0774. The molecule has 2 rings (SSSR count). The number of benzene rings is 1. The van der Waals surface area contributed by atoms with Crippen LogP contribution in [-0.2, 0) is 6.18 Å². The molecule has 0 spiro atoms. The topological polar surface area (TPSA) is 82.5 Å².